The minimum atomic E-state index is -0.285. The van der Waals surface area contributed by atoms with Crippen molar-refractivity contribution >= 4 is 39.3 Å². The molecule has 4 aromatic rings. The molecule has 0 atom stereocenters. The molecule has 0 amide bonds. The lowest BCUT2D eigenvalue weighted by molar-refractivity contribution is 0.0717. The molecule has 0 radical (unpaired) electrons. The first kappa shape index (κ1) is 14.0. The van der Waals surface area contributed by atoms with Crippen molar-refractivity contribution in [3.05, 3.63) is 95.6 Å². The monoisotopic (exact) mass is 322 g/mol. The molecule has 0 bridgehead atoms. The van der Waals surface area contributed by atoms with Crippen LogP contribution in [0.2, 0.25) is 0 Å². The lowest BCUT2D eigenvalue weighted by atomic mass is 9.99. The molecule has 1 aliphatic heterocycles. The number of carbonyl (C=O) groups is 1. The minimum Gasteiger partial charge on any atom is -0.422 e. The van der Waals surface area contributed by atoms with Crippen molar-refractivity contribution in [3.8, 4) is 0 Å². The fraction of sp³-hybridized carbons (Fsp3) is 0. The molecule has 0 N–H and O–H groups in total. The van der Waals surface area contributed by atoms with Crippen LogP contribution < -0.4 is 0 Å². The van der Waals surface area contributed by atoms with E-state index in [1.54, 1.807) is 0 Å². The van der Waals surface area contributed by atoms with Crippen LogP contribution in [0.3, 0.4) is 0 Å². The quantitative estimate of drug-likeness (QED) is 0.423. The number of ether oxygens (including phenoxy) is 1. The summed E-state index contributed by atoms with van der Waals surface area (Å²) < 4.78 is 5.58. The second kappa shape index (κ2) is 5.32. The van der Waals surface area contributed by atoms with Crippen LogP contribution in [0.4, 0.5) is 0 Å². The summed E-state index contributed by atoms with van der Waals surface area (Å²) in [6.07, 6.45) is 1.96. The number of benzene rings is 4. The summed E-state index contributed by atoms with van der Waals surface area (Å²) in [6, 6.07) is 26.3. The van der Waals surface area contributed by atoms with Crippen LogP contribution in [0, 0.1) is 0 Å². The first-order valence-corrected chi connectivity index (χ1v) is 8.24. The maximum atomic E-state index is 12.3. The summed E-state index contributed by atoms with van der Waals surface area (Å²) in [5, 5.41) is 4.45. The number of fused-ring (bicyclic) bond motifs is 3. The molecule has 5 rings (SSSR count). The largest absolute Gasteiger partial charge is 0.422 e. The predicted molar refractivity (Wildman–Crippen MR) is 101 cm³/mol. The Morgan fingerprint density at radius 3 is 2.12 bits per heavy atom. The Morgan fingerprint density at radius 2 is 1.32 bits per heavy atom. The third kappa shape index (κ3) is 2.23. The number of hydrogen-bond acceptors (Lipinski definition) is 2. The second-order valence-corrected chi connectivity index (χ2v) is 6.21. The molecule has 0 unspecified atom stereocenters. The summed E-state index contributed by atoms with van der Waals surface area (Å²) in [5.74, 6) is 0.328. The Labute approximate surface area is 145 Å². The summed E-state index contributed by atoms with van der Waals surface area (Å²) in [4.78, 5) is 12.3. The van der Waals surface area contributed by atoms with Crippen molar-refractivity contribution in [2.24, 2.45) is 0 Å². The zero-order valence-electron chi connectivity index (χ0n) is 13.4. The van der Waals surface area contributed by atoms with Crippen molar-refractivity contribution in [2.45, 2.75) is 0 Å². The van der Waals surface area contributed by atoms with Gasteiger partial charge in [-0.05, 0) is 45.3 Å². The van der Waals surface area contributed by atoms with E-state index in [-0.39, 0.29) is 5.97 Å². The van der Waals surface area contributed by atoms with E-state index in [9.17, 15) is 4.79 Å². The minimum absolute atomic E-state index is 0.285. The van der Waals surface area contributed by atoms with Gasteiger partial charge in [-0.25, -0.2) is 4.79 Å². The normalized spacial score (nSPS) is 14.9. The molecule has 118 valence electrons. The number of hydrogen-bond donors (Lipinski definition) is 0. The molecule has 1 aliphatic rings. The number of cyclic esters (lactones) is 1. The average molecular weight is 322 g/mol. The third-order valence-electron chi connectivity index (χ3n) is 4.68. The van der Waals surface area contributed by atoms with Crippen molar-refractivity contribution in [1.82, 2.24) is 0 Å². The highest BCUT2D eigenvalue weighted by Crippen LogP contribution is 2.35. The molecule has 1 heterocycles. The van der Waals surface area contributed by atoms with Crippen LogP contribution in [-0.2, 0) is 4.74 Å². The first-order chi connectivity index (χ1) is 12.3. The fourth-order valence-electron chi connectivity index (χ4n) is 3.45. The number of rotatable bonds is 1. The van der Waals surface area contributed by atoms with Gasteiger partial charge in [0.1, 0.15) is 5.76 Å². The molecule has 25 heavy (non-hydrogen) atoms. The van der Waals surface area contributed by atoms with Crippen molar-refractivity contribution in [1.29, 1.82) is 0 Å². The Morgan fingerprint density at radius 1 is 0.680 bits per heavy atom. The standard InChI is InChI=1S/C23H14O2/c24-23-21-13-17-8-2-1-7-16(17)12-20(21)22(25-23)14-18-10-5-9-15-6-3-4-11-19(15)18/h1-14H/b22-14-. The van der Waals surface area contributed by atoms with E-state index in [1.807, 2.05) is 66.7 Å². The SMILES string of the molecule is O=C1O/C(=C\c2cccc3ccccc23)c2cc3ccccc3cc21. The van der Waals surface area contributed by atoms with E-state index in [2.05, 4.69) is 18.2 Å². The van der Waals surface area contributed by atoms with Gasteiger partial charge >= 0.3 is 5.97 Å². The van der Waals surface area contributed by atoms with E-state index in [4.69, 9.17) is 4.74 Å². The van der Waals surface area contributed by atoms with Gasteiger partial charge in [0.15, 0.2) is 0 Å². The van der Waals surface area contributed by atoms with Gasteiger partial charge < -0.3 is 4.74 Å². The topological polar surface area (TPSA) is 26.3 Å². The molecule has 2 heteroatoms. The van der Waals surface area contributed by atoms with Gasteiger partial charge in [0.2, 0.25) is 0 Å². The van der Waals surface area contributed by atoms with Crippen LogP contribution in [0.1, 0.15) is 21.5 Å². The smallest absolute Gasteiger partial charge is 0.344 e. The molecule has 0 aromatic heterocycles. The molecule has 0 saturated heterocycles. The van der Waals surface area contributed by atoms with E-state index in [1.165, 1.54) is 5.39 Å². The first-order valence-electron chi connectivity index (χ1n) is 8.24. The van der Waals surface area contributed by atoms with Crippen molar-refractivity contribution in [3.63, 3.8) is 0 Å². The van der Waals surface area contributed by atoms with E-state index < -0.39 is 0 Å². The summed E-state index contributed by atoms with van der Waals surface area (Å²) in [6.45, 7) is 0. The lowest BCUT2D eigenvalue weighted by Crippen LogP contribution is -1.93. The second-order valence-electron chi connectivity index (χ2n) is 6.21. The van der Waals surface area contributed by atoms with Gasteiger partial charge in [-0.1, -0.05) is 66.7 Å². The van der Waals surface area contributed by atoms with Crippen LogP contribution in [0.25, 0.3) is 33.4 Å². The summed E-state index contributed by atoms with van der Waals surface area (Å²) in [7, 11) is 0. The van der Waals surface area contributed by atoms with Gasteiger partial charge in [-0.3, -0.25) is 0 Å². The molecule has 0 saturated carbocycles. The fourth-order valence-corrected chi connectivity index (χ4v) is 3.45. The van der Waals surface area contributed by atoms with Crippen LogP contribution in [0.15, 0.2) is 78.9 Å². The van der Waals surface area contributed by atoms with Gasteiger partial charge in [-0.2, -0.15) is 0 Å². The maximum Gasteiger partial charge on any atom is 0.344 e. The molecule has 0 aliphatic carbocycles. The van der Waals surface area contributed by atoms with E-state index in [0.717, 1.165) is 27.3 Å². The molecular formula is C23H14O2. The van der Waals surface area contributed by atoms with Crippen molar-refractivity contribution < 1.29 is 9.53 Å². The molecule has 0 spiro atoms. The molecule has 0 fully saturated rings. The Hall–Kier alpha value is -3.39. The number of carbonyl (C=O) groups excluding carboxylic acids is 1. The van der Waals surface area contributed by atoms with Gasteiger partial charge in [0, 0.05) is 5.56 Å². The van der Waals surface area contributed by atoms with Gasteiger partial charge in [-0.15, -0.1) is 0 Å². The zero-order valence-corrected chi connectivity index (χ0v) is 13.4. The van der Waals surface area contributed by atoms with Crippen LogP contribution in [-0.4, -0.2) is 5.97 Å². The molecular weight excluding hydrogens is 308 g/mol. The summed E-state index contributed by atoms with van der Waals surface area (Å²) in [5.41, 5.74) is 2.53. The van der Waals surface area contributed by atoms with Crippen LogP contribution in [0.5, 0.6) is 0 Å². The Balaban J connectivity index is 1.73. The highest BCUT2D eigenvalue weighted by atomic mass is 16.5. The number of esters is 1. The van der Waals surface area contributed by atoms with Gasteiger partial charge in [0.05, 0.1) is 5.56 Å². The Bertz CT molecular complexity index is 1180. The zero-order chi connectivity index (χ0) is 16.8. The lowest BCUT2D eigenvalue weighted by Gasteiger charge is -2.04. The van der Waals surface area contributed by atoms with Crippen LogP contribution >= 0.6 is 0 Å². The maximum absolute atomic E-state index is 12.3. The molecule has 4 aromatic carbocycles. The van der Waals surface area contributed by atoms with E-state index >= 15 is 0 Å². The third-order valence-corrected chi connectivity index (χ3v) is 4.68. The highest BCUT2D eigenvalue weighted by Gasteiger charge is 2.27. The Kier molecular flexibility index (Phi) is 2.98. The molecule has 2 nitrogen and oxygen atoms in total. The van der Waals surface area contributed by atoms with Crippen molar-refractivity contribution in [2.75, 3.05) is 0 Å². The average Bonchev–Trinajstić information content (AvgIpc) is 2.95. The van der Waals surface area contributed by atoms with Gasteiger partial charge in [0.25, 0.3) is 0 Å². The summed E-state index contributed by atoms with van der Waals surface area (Å²) >= 11 is 0. The van der Waals surface area contributed by atoms with E-state index in [0.29, 0.717) is 11.3 Å². The highest BCUT2D eigenvalue weighted by molar-refractivity contribution is 6.10. The predicted octanol–water partition coefficient (Wildman–Crippen LogP) is 5.66.